The van der Waals surface area contributed by atoms with Crippen molar-refractivity contribution in [3.05, 3.63) is 83.7 Å². The molecule has 1 aromatic heterocycles. The van der Waals surface area contributed by atoms with Crippen molar-refractivity contribution in [1.29, 1.82) is 0 Å². The van der Waals surface area contributed by atoms with Gasteiger partial charge in [-0.05, 0) is 24.6 Å². The van der Waals surface area contributed by atoms with Crippen molar-refractivity contribution in [2.24, 2.45) is 12.1 Å². The first-order chi connectivity index (χ1) is 12.6. The van der Waals surface area contributed by atoms with Gasteiger partial charge in [-0.2, -0.15) is 10.2 Å². The Morgan fingerprint density at radius 1 is 1.15 bits per heavy atom. The van der Waals surface area contributed by atoms with E-state index in [9.17, 15) is 4.79 Å². The lowest BCUT2D eigenvalue weighted by Gasteiger charge is -2.15. The van der Waals surface area contributed by atoms with Crippen molar-refractivity contribution in [1.82, 2.24) is 15.2 Å². The summed E-state index contributed by atoms with van der Waals surface area (Å²) in [6.07, 6.45) is 3.48. The summed E-state index contributed by atoms with van der Waals surface area (Å²) in [5.41, 5.74) is 5.34. The molecule has 3 rings (SSSR count). The van der Waals surface area contributed by atoms with Crippen molar-refractivity contribution >= 4 is 23.9 Å². The number of hydrogen-bond donors (Lipinski definition) is 1. The van der Waals surface area contributed by atoms with Gasteiger partial charge >= 0.3 is 0 Å². The normalized spacial score (nSPS) is 12.2. The van der Waals surface area contributed by atoms with Crippen LogP contribution in [0, 0.1) is 6.92 Å². The number of carbonyl (C=O) groups excluding carboxylic acids is 1. The molecular formula is C20H20N4OS. The molecule has 0 spiro atoms. The number of rotatable bonds is 6. The number of hydrogen-bond acceptors (Lipinski definition) is 4. The average molecular weight is 364 g/mol. The quantitative estimate of drug-likeness (QED) is 0.412. The van der Waals surface area contributed by atoms with Gasteiger partial charge in [-0.3, -0.25) is 9.48 Å². The molecule has 1 amide bonds. The van der Waals surface area contributed by atoms with E-state index in [1.807, 2.05) is 80.8 Å². The molecule has 1 heterocycles. The number of nitrogens with zero attached hydrogens (tertiary/aromatic N) is 3. The summed E-state index contributed by atoms with van der Waals surface area (Å²) in [7, 11) is 1.85. The van der Waals surface area contributed by atoms with Crippen LogP contribution in [0.4, 0.5) is 0 Å². The molecule has 0 aliphatic carbocycles. The fraction of sp³-hybridized carbons (Fsp3) is 0.150. The van der Waals surface area contributed by atoms with Gasteiger partial charge in [-0.15, -0.1) is 11.8 Å². The zero-order valence-corrected chi connectivity index (χ0v) is 15.5. The number of thioether (sulfide) groups is 1. The number of hydrazone groups is 1. The Hall–Kier alpha value is -2.86. The Balaban J connectivity index is 1.75. The van der Waals surface area contributed by atoms with E-state index >= 15 is 0 Å². The molecule has 0 radical (unpaired) electrons. The fourth-order valence-electron chi connectivity index (χ4n) is 2.50. The number of nitrogens with one attached hydrogen (secondary N) is 1. The second-order valence-electron chi connectivity index (χ2n) is 5.80. The molecular weight excluding hydrogens is 344 g/mol. The maximum absolute atomic E-state index is 12.8. The smallest absolute Gasteiger partial charge is 0.258 e. The predicted molar refractivity (Wildman–Crippen MR) is 105 cm³/mol. The van der Waals surface area contributed by atoms with Crippen LogP contribution in [0.25, 0.3) is 0 Å². The molecule has 1 N–H and O–H groups in total. The van der Waals surface area contributed by atoms with Gasteiger partial charge in [0.15, 0.2) is 0 Å². The Labute approximate surface area is 157 Å². The van der Waals surface area contributed by atoms with Crippen molar-refractivity contribution in [2.45, 2.75) is 17.1 Å². The third kappa shape index (κ3) is 4.61. The van der Waals surface area contributed by atoms with Crippen LogP contribution >= 0.6 is 11.8 Å². The molecule has 1 atom stereocenters. The Morgan fingerprint density at radius 3 is 2.42 bits per heavy atom. The SMILES string of the molecule is Cc1nn(C)cc1/C=N/NC(=O)C(Sc1ccccc1)c1ccccc1. The molecule has 26 heavy (non-hydrogen) atoms. The van der Waals surface area contributed by atoms with Crippen molar-refractivity contribution < 1.29 is 4.79 Å². The van der Waals surface area contributed by atoms with Crippen LogP contribution in [0.5, 0.6) is 0 Å². The lowest BCUT2D eigenvalue weighted by atomic mass is 10.1. The fourth-order valence-corrected chi connectivity index (χ4v) is 3.54. The van der Waals surface area contributed by atoms with Crippen LogP contribution in [-0.4, -0.2) is 21.9 Å². The highest BCUT2D eigenvalue weighted by atomic mass is 32.2. The summed E-state index contributed by atoms with van der Waals surface area (Å²) in [6, 6.07) is 19.6. The molecule has 3 aromatic rings. The van der Waals surface area contributed by atoms with E-state index in [1.165, 1.54) is 11.8 Å². The Morgan fingerprint density at radius 2 is 1.81 bits per heavy atom. The molecule has 2 aromatic carbocycles. The minimum Gasteiger partial charge on any atom is -0.275 e. The summed E-state index contributed by atoms with van der Waals surface area (Å²) < 4.78 is 1.72. The second-order valence-corrected chi connectivity index (χ2v) is 6.98. The highest BCUT2D eigenvalue weighted by Gasteiger charge is 2.21. The molecule has 6 heteroatoms. The molecule has 1 unspecified atom stereocenters. The topological polar surface area (TPSA) is 59.3 Å². The number of benzene rings is 2. The molecule has 132 valence electrons. The minimum atomic E-state index is -0.384. The highest BCUT2D eigenvalue weighted by molar-refractivity contribution is 8.00. The third-order valence-electron chi connectivity index (χ3n) is 3.77. The first kappa shape index (κ1) is 17.9. The summed E-state index contributed by atoms with van der Waals surface area (Å²) in [4.78, 5) is 13.8. The minimum absolute atomic E-state index is 0.164. The van der Waals surface area contributed by atoms with Gasteiger partial charge in [0.1, 0.15) is 5.25 Å². The van der Waals surface area contributed by atoms with Crippen LogP contribution in [0.2, 0.25) is 0 Å². The monoisotopic (exact) mass is 364 g/mol. The molecule has 5 nitrogen and oxygen atoms in total. The van der Waals surface area contributed by atoms with Gasteiger partial charge in [0.2, 0.25) is 0 Å². The number of aromatic nitrogens is 2. The standard InChI is InChI=1S/C20H20N4OS/c1-15-17(14-24(2)23-15)13-21-22-20(25)19(16-9-5-3-6-10-16)26-18-11-7-4-8-12-18/h3-14,19H,1-2H3,(H,22,25)/b21-13+. The average Bonchev–Trinajstić information content (AvgIpc) is 2.98. The van der Waals surface area contributed by atoms with E-state index in [0.29, 0.717) is 0 Å². The van der Waals surface area contributed by atoms with Gasteiger partial charge in [0, 0.05) is 23.7 Å². The molecule has 0 fully saturated rings. The van der Waals surface area contributed by atoms with E-state index in [2.05, 4.69) is 15.6 Å². The second kappa shape index (κ2) is 8.49. The van der Waals surface area contributed by atoms with Crippen LogP contribution in [0.15, 0.2) is 76.9 Å². The van der Waals surface area contributed by atoms with E-state index < -0.39 is 0 Å². The lowest BCUT2D eigenvalue weighted by molar-refractivity contribution is -0.120. The van der Waals surface area contributed by atoms with Crippen LogP contribution < -0.4 is 5.43 Å². The maximum atomic E-state index is 12.8. The first-order valence-electron chi connectivity index (χ1n) is 8.23. The zero-order chi connectivity index (χ0) is 18.4. The van der Waals surface area contributed by atoms with Gasteiger partial charge < -0.3 is 0 Å². The number of aryl methyl sites for hydroxylation is 2. The van der Waals surface area contributed by atoms with E-state index in [4.69, 9.17) is 0 Å². The summed E-state index contributed by atoms with van der Waals surface area (Å²) in [5.74, 6) is -0.164. The summed E-state index contributed by atoms with van der Waals surface area (Å²) >= 11 is 1.50. The number of carbonyl (C=O) groups is 1. The zero-order valence-electron chi connectivity index (χ0n) is 14.7. The van der Waals surface area contributed by atoms with Crippen LogP contribution in [0.3, 0.4) is 0 Å². The molecule has 0 saturated carbocycles. The highest BCUT2D eigenvalue weighted by Crippen LogP contribution is 2.35. The van der Waals surface area contributed by atoms with E-state index in [-0.39, 0.29) is 11.2 Å². The predicted octanol–water partition coefficient (Wildman–Crippen LogP) is 3.71. The molecule has 0 aliphatic rings. The number of amides is 1. The van der Waals surface area contributed by atoms with Crippen molar-refractivity contribution in [2.75, 3.05) is 0 Å². The van der Waals surface area contributed by atoms with Gasteiger partial charge in [0.05, 0.1) is 11.9 Å². The van der Waals surface area contributed by atoms with Crippen molar-refractivity contribution in [3.63, 3.8) is 0 Å². The van der Waals surface area contributed by atoms with E-state index in [0.717, 1.165) is 21.7 Å². The third-order valence-corrected chi connectivity index (χ3v) is 5.03. The largest absolute Gasteiger partial charge is 0.275 e. The van der Waals surface area contributed by atoms with Gasteiger partial charge in [0.25, 0.3) is 5.91 Å². The molecule has 0 bridgehead atoms. The van der Waals surface area contributed by atoms with Crippen molar-refractivity contribution in [3.8, 4) is 0 Å². The van der Waals surface area contributed by atoms with Crippen LogP contribution in [-0.2, 0) is 11.8 Å². The van der Waals surface area contributed by atoms with E-state index in [1.54, 1.807) is 10.9 Å². The maximum Gasteiger partial charge on any atom is 0.258 e. The Bertz CT molecular complexity index is 891. The summed E-state index contributed by atoms with van der Waals surface area (Å²) in [6.45, 7) is 1.90. The summed E-state index contributed by atoms with van der Waals surface area (Å²) in [5, 5.41) is 7.98. The molecule has 0 saturated heterocycles. The molecule has 0 aliphatic heterocycles. The van der Waals surface area contributed by atoms with Gasteiger partial charge in [-0.1, -0.05) is 48.5 Å². The van der Waals surface area contributed by atoms with Gasteiger partial charge in [-0.25, -0.2) is 5.43 Å². The first-order valence-corrected chi connectivity index (χ1v) is 9.11. The Kier molecular flexibility index (Phi) is 5.86. The van der Waals surface area contributed by atoms with Crippen LogP contribution in [0.1, 0.15) is 22.1 Å². The lowest BCUT2D eigenvalue weighted by Crippen LogP contribution is -2.23.